The van der Waals surface area contributed by atoms with E-state index in [0.717, 1.165) is 19.7 Å². The van der Waals surface area contributed by atoms with Crippen molar-refractivity contribution in [1.29, 1.82) is 0 Å². The van der Waals surface area contributed by atoms with Gasteiger partial charge in [0.25, 0.3) is 0 Å². The third-order valence-electron chi connectivity index (χ3n) is 3.05. The topological polar surface area (TPSA) is 26.2 Å². The van der Waals surface area contributed by atoms with Gasteiger partial charge in [0, 0.05) is 30.2 Å². The van der Waals surface area contributed by atoms with Crippen molar-refractivity contribution in [2.24, 2.45) is 0 Å². The van der Waals surface area contributed by atoms with Gasteiger partial charge in [0.2, 0.25) is 0 Å². The maximum absolute atomic E-state index is 5.61. The number of nitrogens with one attached hydrogen (secondary N) is 1. The van der Waals surface area contributed by atoms with Gasteiger partial charge in [-0.15, -0.1) is 0 Å². The average molecular weight is 246 g/mol. The van der Waals surface area contributed by atoms with E-state index in [4.69, 9.17) is 4.74 Å². The van der Waals surface area contributed by atoms with E-state index in [9.17, 15) is 0 Å². The van der Waals surface area contributed by atoms with Gasteiger partial charge in [-0.05, 0) is 38.6 Å². The molecule has 0 aliphatic rings. The SMILES string of the molecule is CNCc1cccc2c1ccn2CCOC(C)C. The molecule has 0 amide bonds. The average Bonchev–Trinajstić information content (AvgIpc) is 2.74. The van der Waals surface area contributed by atoms with Gasteiger partial charge < -0.3 is 14.6 Å². The van der Waals surface area contributed by atoms with E-state index in [1.165, 1.54) is 16.5 Å². The number of fused-ring (bicyclic) bond motifs is 1. The molecule has 0 atom stereocenters. The van der Waals surface area contributed by atoms with Crippen LogP contribution >= 0.6 is 0 Å². The highest BCUT2D eigenvalue weighted by atomic mass is 16.5. The normalized spacial score (nSPS) is 11.6. The fraction of sp³-hybridized carbons (Fsp3) is 0.467. The lowest BCUT2D eigenvalue weighted by Gasteiger charge is -2.10. The minimum atomic E-state index is 0.298. The van der Waals surface area contributed by atoms with Crippen LogP contribution in [0, 0.1) is 0 Å². The Labute approximate surface area is 109 Å². The zero-order chi connectivity index (χ0) is 13.0. The highest BCUT2D eigenvalue weighted by Crippen LogP contribution is 2.20. The van der Waals surface area contributed by atoms with Gasteiger partial charge >= 0.3 is 0 Å². The van der Waals surface area contributed by atoms with E-state index in [0.29, 0.717) is 6.10 Å². The third-order valence-corrected chi connectivity index (χ3v) is 3.05. The largest absolute Gasteiger partial charge is 0.377 e. The number of hydrogen-bond donors (Lipinski definition) is 1. The van der Waals surface area contributed by atoms with E-state index >= 15 is 0 Å². The Morgan fingerprint density at radius 1 is 1.28 bits per heavy atom. The molecule has 1 aromatic heterocycles. The fourth-order valence-electron chi connectivity index (χ4n) is 2.21. The zero-order valence-electron chi connectivity index (χ0n) is 11.4. The summed E-state index contributed by atoms with van der Waals surface area (Å²) in [5, 5.41) is 4.54. The second-order valence-electron chi connectivity index (χ2n) is 4.81. The van der Waals surface area contributed by atoms with Crippen LogP contribution in [0.5, 0.6) is 0 Å². The Hall–Kier alpha value is -1.32. The van der Waals surface area contributed by atoms with Crippen molar-refractivity contribution in [3.63, 3.8) is 0 Å². The molecule has 0 spiro atoms. The van der Waals surface area contributed by atoms with Crippen LogP contribution in [0.25, 0.3) is 10.9 Å². The lowest BCUT2D eigenvalue weighted by molar-refractivity contribution is 0.0733. The molecule has 0 saturated carbocycles. The van der Waals surface area contributed by atoms with E-state index in [-0.39, 0.29) is 0 Å². The summed E-state index contributed by atoms with van der Waals surface area (Å²) in [4.78, 5) is 0. The Kier molecular flexibility index (Phi) is 4.39. The van der Waals surface area contributed by atoms with E-state index in [1.54, 1.807) is 0 Å². The Balaban J connectivity index is 2.17. The zero-order valence-corrected chi connectivity index (χ0v) is 11.4. The van der Waals surface area contributed by atoms with Crippen molar-refractivity contribution in [3.8, 4) is 0 Å². The van der Waals surface area contributed by atoms with Crippen molar-refractivity contribution in [2.75, 3.05) is 13.7 Å². The summed E-state index contributed by atoms with van der Waals surface area (Å²) in [6, 6.07) is 8.66. The molecule has 0 fully saturated rings. The Morgan fingerprint density at radius 3 is 2.83 bits per heavy atom. The molecule has 0 aliphatic carbocycles. The second kappa shape index (κ2) is 6.03. The number of aromatic nitrogens is 1. The van der Waals surface area contributed by atoms with Gasteiger partial charge in [0.15, 0.2) is 0 Å². The molecule has 18 heavy (non-hydrogen) atoms. The van der Waals surface area contributed by atoms with Gasteiger partial charge in [-0.25, -0.2) is 0 Å². The van der Waals surface area contributed by atoms with Crippen LogP contribution < -0.4 is 5.32 Å². The van der Waals surface area contributed by atoms with Crippen LogP contribution in [-0.4, -0.2) is 24.3 Å². The van der Waals surface area contributed by atoms with Crippen molar-refractivity contribution in [2.45, 2.75) is 33.0 Å². The minimum Gasteiger partial charge on any atom is -0.377 e. The quantitative estimate of drug-likeness (QED) is 0.848. The van der Waals surface area contributed by atoms with E-state index < -0.39 is 0 Å². The summed E-state index contributed by atoms with van der Waals surface area (Å²) in [6.45, 7) is 6.71. The first kappa shape index (κ1) is 13.1. The summed E-state index contributed by atoms with van der Waals surface area (Å²) in [5.41, 5.74) is 2.63. The third kappa shape index (κ3) is 2.92. The van der Waals surface area contributed by atoms with Crippen LogP contribution in [0.1, 0.15) is 19.4 Å². The van der Waals surface area contributed by atoms with Gasteiger partial charge in [0.05, 0.1) is 12.7 Å². The number of hydrogen-bond acceptors (Lipinski definition) is 2. The first-order chi connectivity index (χ1) is 8.72. The smallest absolute Gasteiger partial charge is 0.0649 e. The minimum absolute atomic E-state index is 0.298. The van der Waals surface area contributed by atoms with Crippen molar-refractivity contribution in [3.05, 3.63) is 36.0 Å². The van der Waals surface area contributed by atoms with E-state index in [1.807, 2.05) is 7.05 Å². The highest BCUT2D eigenvalue weighted by molar-refractivity contribution is 5.83. The lowest BCUT2D eigenvalue weighted by atomic mass is 10.1. The molecule has 3 nitrogen and oxygen atoms in total. The predicted molar refractivity (Wildman–Crippen MR) is 75.8 cm³/mol. The maximum atomic E-state index is 5.61. The van der Waals surface area contributed by atoms with Crippen LogP contribution in [-0.2, 0) is 17.8 Å². The summed E-state index contributed by atoms with van der Waals surface area (Å²) in [7, 11) is 1.98. The van der Waals surface area contributed by atoms with E-state index in [2.05, 4.69) is 54.2 Å². The van der Waals surface area contributed by atoms with Gasteiger partial charge in [-0.2, -0.15) is 0 Å². The summed E-state index contributed by atoms with van der Waals surface area (Å²) >= 11 is 0. The summed E-state index contributed by atoms with van der Waals surface area (Å²) in [6.07, 6.45) is 2.44. The van der Waals surface area contributed by atoms with Crippen molar-refractivity contribution >= 4 is 10.9 Å². The predicted octanol–water partition coefficient (Wildman–Crippen LogP) is 2.79. The van der Waals surface area contributed by atoms with Gasteiger partial charge in [-0.3, -0.25) is 0 Å². The van der Waals surface area contributed by atoms with Gasteiger partial charge in [-0.1, -0.05) is 12.1 Å². The molecule has 1 N–H and O–H groups in total. The Morgan fingerprint density at radius 2 is 2.11 bits per heavy atom. The van der Waals surface area contributed by atoms with Crippen molar-refractivity contribution < 1.29 is 4.74 Å². The number of ether oxygens (including phenoxy) is 1. The monoisotopic (exact) mass is 246 g/mol. The molecule has 1 heterocycles. The van der Waals surface area contributed by atoms with Crippen LogP contribution in [0.3, 0.4) is 0 Å². The summed E-state index contributed by atoms with van der Waals surface area (Å²) < 4.78 is 7.87. The molecule has 2 rings (SSSR count). The molecule has 0 saturated heterocycles. The highest BCUT2D eigenvalue weighted by Gasteiger charge is 2.05. The molecular weight excluding hydrogens is 224 g/mol. The van der Waals surface area contributed by atoms with Crippen LogP contribution in [0.4, 0.5) is 0 Å². The molecule has 3 heteroatoms. The molecule has 0 radical (unpaired) electrons. The molecule has 0 aliphatic heterocycles. The van der Waals surface area contributed by atoms with Gasteiger partial charge in [0.1, 0.15) is 0 Å². The maximum Gasteiger partial charge on any atom is 0.0649 e. The molecule has 0 bridgehead atoms. The molecule has 2 aromatic rings. The van der Waals surface area contributed by atoms with Crippen molar-refractivity contribution in [1.82, 2.24) is 9.88 Å². The first-order valence-electron chi connectivity index (χ1n) is 6.55. The standard InChI is InChI=1S/C15H22N2O/c1-12(2)18-10-9-17-8-7-14-13(11-16-3)5-4-6-15(14)17/h4-8,12,16H,9-11H2,1-3H3. The molecule has 0 unspecified atom stereocenters. The number of rotatable bonds is 6. The Bertz CT molecular complexity index is 502. The number of benzene rings is 1. The lowest BCUT2D eigenvalue weighted by Crippen LogP contribution is -2.10. The molecule has 1 aromatic carbocycles. The summed E-state index contributed by atoms with van der Waals surface area (Å²) in [5.74, 6) is 0. The fourth-order valence-corrected chi connectivity index (χ4v) is 2.21. The molecule has 98 valence electrons. The number of nitrogens with zero attached hydrogens (tertiary/aromatic N) is 1. The molecular formula is C15H22N2O. The van der Waals surface area contributed by atoms with Crippen LogP contribution in [0.15, 0.2) is 30.5 Å². The van der Waals surface area contributed by atoms with Crippen LogP contribution in [0.2, 0.25) is 0 Å². The first-order valence-corrected chi connectivity index (χ1v) is 6.55. The second-order valence-corrected chi connectivity index (χ2v) is 4.81.